The number of nitrogens with two attached hydrogens (primary N) is 1. The van der Waals surface area contributed by atoms with Crippen molar-refractivity contribution in [2.45, 2.75) is 19.9 Å². The normalized spacial score (nSPS) is 12.5. The molecule has 0 unspecified atom stereocenters. The Hall–Kier alpha value is -1.06. The predicted octanol–water partition coefficient (Wildman–Crippen LogP) is 2.08. The van der Waals surface area contributed by atoms with Crippen LogP contribution in [-0.4, -0.2) is 13.4 Å². The van der Waals surface area contributed by atoms with E-state index in [1.807, 2.05) is 38.1 Å². The summed E-state index contributed by atoms with van der Waals surface area (Å²) >= 11 is 0. The summed E-state index contributed by atoms with van der Waals surface area (Å²) in [6, 6.07) is 7.72. The van der Waals surface area contributed by atoms with Gasteiger partial charge < -0.3 is 15.2 Å². The minimum atomic E-state index is -0.0205. The van der Waals surface area contributed by atoms with Crippen LogP contribution in [0, 0.1) is 0 Å². The number of rotatable bonds is 5. The summed E-state index contributed by atoms with van der Waals surface area (Å²) in [5.74, 6) is 0.802. The van der Waals surface area contributed by atoms with Gasteiger partial charge in [0, 0.05) is 18.2 Å². The van der Waals surface area contributed by atoms with Crippen LogP contribution >= 0.6 is 0 Å². The minimum absolute atomic E-state index is 0.0205. The third-order valence-electron chi connectivity index (χ3n) is 1.91. The lowest BCUT2D eigenvalue weighted by Gasteiger charge is -2.13. The van der Waals surface area contributed by atoms with E-state index in [4.69, 9.17) is 15.2 Å². The van der Waals surface area contributed by atoms with Crippen LogP contribution in [0.3, 0.4) is 0 Å². The molecular weight excluding hydrogens is 178 g/mol. The zero-order chi connectivity index (χ0) is 10.4. The third kappa shape index (κ3) is 3.01. The molecule has 1 aromatic carbocycles. The van der Waals surface area contributed by atoms with E-state index in [-0.39, 0.29) is 12.8 Å². The van der Waals surface area contributed by atoms with E-state index < -0.39 is 0 Å². The van der Waals surface area contributed by atoms with Crippen molar-refractivity contribution < 1.29 is 9.47 Å². The Morgan fingerprint density at radius 1 is 1.36 bits per heavy atom. The summed E-state index contributed by atoms with van der Waals surface area (Å²) in [6.07, 6.45) is 0. The van der Waals surface area contributed by atoms with Crippen LogP contribution in [-0.2, 0) is 4.74 Å². The molecule has 1 aromatic rings. The number of hydrogen-bond donors (Lipinski definition) is 1. The zero-order valence-electron chi connectivity index (χ0n) is 8.69. The Morgan fingerprint density at radius 3 is 2.71 bits per heavy atom. The van der Waals surface area contributed by atoms with Gasteiger partial charge in [-0.2, -0.15) is 0 Å². The van der Waals surface area contributed by atoms with Gasteiger partial charge in [-0.1, -0.05) is 18.2 Å². The Morgan fingerprint density at radius 2 is 2.07 bits per heavy atom. The van der Waals surface area contributed by atoms with Crippen LogP contribution in [0.4, 0.5) is 0 Å². The molecule has 0 aromatic heterocycles. The van der Waals surface area contributed by atoms with Crippen molar-refractivity contribution >= 4 is 0 Å². The maximum Gasteiger partial charge on any atom is 0.189 e. The molecular formula is C11H17NO2. The Bertz CT molecular complexity index is 274. The summed E-state index contributed by atoms with van der Waals surface area (Å²) in [4.78, 5) is 0. The van der Waals surface area contributed by atoms with Crippen LogP contribution in [0.2, 0.25) is 0 Å². The van der Waals surface area contributed by atoms with E-state index in [9.17, 15) is 0 Å². The molecule has 1 rings (SSSR count). The Balaban J connectivity index is 2.64. The fourth-order valence-corrected chi connectivity index (χ4v) is 1.18. The topological polar surface area (TPSA) is 44.5 Å². The standard InChI is InChI=1S/C11H17NO2/c1-3-13-8-14-11-7-5-4-6-10(11)9(2)12/h4-7,9H,3,8,12H2,1-2H3/t9-/m0/s1. The van der Waals surface area contributed by atoms with Crippen molar-refractivity contribution in [2.24, 2.45) is 5.73 Å². The first-order valence-corrected chi connectivity index (χ1v) is 4.80. The van der Waals surface area contributed by atoms with Gasteiger partial charge in [-0.3, -0.25) is 0 Å². The first kappa shape index (κ1) is 11.0. The van der Waals surface area contributed by atoms with Crippen molar-refractivity contribution in [3.05, 3.63) is 29.8 Å². The predicted molar refractivity (Wildman–Crippen MR) is 56.2 cm³/mol. The van der Waals surface area contributed by atoms with E-state index >= 15 is 0 Å². The van der Waals surface area contributed by atoms with Crippen LogP contribution in [0.5, 0.6) is 5.75 Å². The molecule has 0 bridgehead atoms. The maximum absolute atomic E-state index is 5.80. The molecule has 0 fully saturated rings. The van der Waals surface area contributed by atoms with E-state index in [0.717, 1.165) is 11.3 Å². The second kappa shape index (κ2) is 5.62. The SMILES string of the molecule is CCOCOc1ccccc1[C@H](C)N. The average molecular weight is 195 g/mol. The third-order valence-corrected chi connectivity index (χ3v) is 1.91. The molecule has 1 atom stereocenters. The van der Waals surface area contributed by atoms with Gasteiger partial charge >= 0.3 is 0 Å². The van der Waals surface area contributed by atoms with Gasteiger partial charge in [-0.15, -0.1) is 0 Å². The van der Waals surface area contributed by atoms with E-state index in [1.54, 1.807) is 0 Å². The highest BCUT2D eigenvalue weighted by Gasteiger charge is 2.06. The van der Waals surface area contributed by atoms with Gasteiger partial charge in [0.15, 0.2) is 6.79 Å². The monoisotopic (exact) mass is 195 g/mol. The summed E-state index contributed by atoms with van der Waals surface area (Å²) < 4.78 is 10.5. The summed E-state index contributed by atoms with van der Waals surface area (Å²) in [6.45, 7) is 4.80. The minimum Gasteiger partial charge on any atom is -0.467 e. The van der Waals surface area contributed by atoms with E-state index in [2.05, 4.69) is 0 Å². The van der Waals surface area contributed by atoms with Crippen molar-refractivity contribution in [3.63, 3.8) is 0 Å². The van der Waals surface area contributed by atoms with Crippen LogP contribution in [0.15, 0.2) is 24.3 Å². The molecule has 0 aliphatic carbocycles. The first-order chi connectivity index (χ1) is 6.75. The van der Waals surface area contributed by atoms with Crippen molar-refractivity contribution in [2.75, 3.05) is 13.4 Å². The molecule has 0 aliphatic heterocycles. The molecule has 0 heterocycles. The van der Waals surface area contributed by atoms with Crippen molar-refractivity contribution in [1.82, 2.24) is 0 Å². The first-order valence-electron chi connectivity index (χ1n) is 4.80. The van der Waals surface area contributed by atoms with E-state index in [1.165, 1.54) is 0 Å². The number of benzene rings is 1. The average Bonchev–Trinajstić information content (AvgIpc) is 2.19. The van der Waals surface area contributed by atoms with Gasteiger partial charge in [-0.25, -0.2) is 0 Å². The lowest BCUT2D eigenvalue weighted by Crippen LogP contribution is -2.09. The zero-order valence-corrected chi connectivity index (χ0v) is 8.69. The molecule has 3 heteroatoms. The number of hydrogen-bond acceptors (Lipinski definition) is 3. The van der Waals surface area contributed by atoms with Crippen molar-refractivity contribution in [3.8, 4) is 5.75 Å². The number of para-hydroxylation sites is 1. The Labute approximate surface area is 84.8 Å². The molecule has 0 radical (unpaired) electrons. The smallest absolute Gasteiger partial charge is 0.189 e. The summed E-state index contributed by atoms with van der Waals surface area (Å²) in [7, 11) is 0. The highest BCUT2D eigenvalue weighted by atomic mass is 16.7. The number of ether oxygens (including phenoxy) is 2. The van der Waals surface area contributed by atoms with Gasteiger partial charge in [0.1, 0.15) is 5.75 Å². The molecule has 3 nitrogen and oxygen atoms in total. The van der Waals surface area contributed by atoms with Crippen molar-refractivity contribution in [1.29, 1.82) is 0 Å². The van der Waals surface area contributed by atoms with Gasteiger partial charge in [0.2, 0.25) is 0 Å². The van der Waals surface area contributed by atoms with Gasteiger partial charge in [0.05, 0.1) is 0 Å². The Kier molecular flexibility index (Phi) is 4.43. The summed E-state index contributed by atoms with van der Waals surface area (Å²) in [5, 5.41) is 0. The highest BCUT2D eigenvalue weighted by Crippen LogP contribution is 2.22. The largest absolute Gasteiger partial charge is 0.467 e. The summed E-state index contributed by atoms with van der Waals surface area (Å²) in [5.41, 5.74) is 6.80. The molecule has 0 saturated heterocycles. The van der Waals surface area contributed by atoms with Gasteiger partial charge in [0.25, 0.3) is 0 Å². The molecule has 0 amide bonds. The molecule has 14 heavy (non-hydrogen) atoms. The lowest BCUT2D eigenvalue weighted by atomic mass is 10.1. The molecule has 0 saturated carbocycles. The van der Waals surface area contributed by atoms with Crippen LogP contribution in [0.25, 0.3) is 0 Å². The second-order valence-electron chi connectivity index (χ2n) is 3.08. The van der Waals surface area contributed by atoms with Gasteiger partial charge in [-0.05, 0) is 19.9 Å². The molecule has 0 aliphatic rings. The maximum atomic E-state index is 5.80. The lowest BCUT2D eigenvalue weighted by molar-refractivity contribution is 0.0217. The molecule has 0 spiro atoms. The van der Waals surface area contributed by atoms with E-state index in [0.29, 0.717) is 6.61 Å². The fourth-order valence-electron chi connectivity index (χ4n) is 1.18. The fraction of sp³-hybridized carbons (Fsp3) is 0.455. The molecule has 2 N–H and O–H groups in total. The van der Waals surface area contributed by atoms with Crippen LogP contribution in [0.1, 0.15) is 25.5 Å². The molecule has 78 valence electrons. The second-order valence-corrected chi connectivity index (χ2v) is 3.08. The quantitative estimate of drug-likeness (QED) is 0.578. The highest BCUT2D eigenvalue weighted by molar-refractivity contribution is 5.35. The van der Waals surface area contributed by atoms with Crippen LogP contribution < -0.4 is 10.5 Å².